The molecule has 1 saturated heterocycles. The van der Waals surface area contributed by atoms with Crippen molar-refractivity contribution in [3.8, 4) is 0 Å². The summed E-state index contributed by atoms with van der Waals surface area (Å²) in [5.74, 6) is 0.916. The van der Waals surface area contributed by atoms with E-state index in [1.54, 1.807) is 11.8 Å². The molecule has 0 aromatic heterocycles. The molecule has 1 unspecified atom stereocenters. The number of hydrogen-bond acceptors (Lipinski definition) is 2. The number of nitrogens with zero attached hydrogens (tertiary/aromatic N) is 1. The van der Waals surface area contributed by atoms with E-state index >= 15 is 0 Å². The Morgan fingerprint density at radius 3 is 2.50 bits per heavy atom. The highest BCUT2D eigenvalue weighted by atomic mass is 35.6. The van der Waals surface area contributed by atoms with Gasteiger partial charge in [-0.15, -0.1) is 24.4 Å². The van der Waals surface area contributed by atoms with Gasteiger partial charge < -0.3 is 4.90 Å². The lowest BCUT2D eigenvalue weighted by atomic mass is 10.6. The van der Waals surface area contributed by atoms with Gasteiger partial charge in [0.25, 0.3) is 0 Å². The van der Waals surface area contributed by atoms with Gasteiger partial charge in [-0.05, 0) is 0 Å². The van der Waals surface area contributed by atoms with Gasteiger partial charge in [-0.3, -0.25) is 0 Å². The molecule has 0 radical (unpaired) electrons. The second-order valence-electron chi connectivity index (χ2n) is 2.24. The summed E-state index contributed by atoms with van der Waals surface area (Å²) in [7, 11) is 0. The van der Waals surface area contributed by atoms with Crippen molar-refractivity contribution in [3.05, 3.63) is 0 Å². The predicted molar refractivity (Wildman–Crippen MR) is 64.8 cm³/mol. The molecule has 70 valence electrons. The van der Waals surface area contributed by atoms with Crippen molar-refractivity contribution in [1.29, 1.82) is 0 Å². The molecule has 0 amide bonds. The maximum atomic E-state index is 5.75. The van der Waals surface area contributed by atoms with E-state index in [-0.39, 0.29) is 5.37 Å². The van der Waals surface area contributed by atoms with Gasteiger partial charge >= 0.3 is 0 Å². The fraction of sp³-hybridized carbons (Fsp3) is 0.800. The van der Waals surface area contributed by atoms with Crippen molar-refractivity contribution in [2.75, 3.05) is 12.3 Å². The number of thioether (sulfide) groups is 1. The molecule has 0 saturated carbocycles. The smallest absolute Gasteiger partial charge is 0.219 e. The first-order chi connectivity index (χ1) is 5.43. The van der Waals surface area contributed by atoms with E-state index in [1.165, 1.54) is 0 Å². The number of halogens is 3. The summed E-state index contributed by atoms with van der Waals surface area (Å²) < 4.78 is -0.815. The topological polar surface area (TPSA) is 3.24 Å². The molecule has 1 nitrogen and oxygen atoms in total. The molecule has 1 aliphatic heterocycles. The third kappa shape index (κ3) is 2.72. The van der Waals surface area contributed by atoms with Crippen LogP contribution in [0.5, 0.6) is 0 Å². The van der Waals surface area contributed by atoms with Crippen LogP contribution < -0.4 is 0 Å². The summed E-state index contributed by atoms with van der Waals surface area (Å²) in [5.41, 5.74) is 0. The quantitative estimate of drug-likeness (QED) is 0.414. The van der Waals surface area contributed by atoms with Crippen molar-refractivity contribution in [1.82, 2.24) is 4.90 Å². The average molecular weight is 283 g/mol. The molecule has 0 bridgehead atoms. The summed E-state index contributed by atoms with van der Waals surface area (Å²) in [5, 5.41) is -0.201. The van der Waals surface area contributed by atoms with Crippen molar-refractivity contribution < 1.29 is 0 Å². The Labute approximate surface area is 101 Å². The Morgan fingerprint density at radius 2 is 2.17 bits per heavy atom. The highest BCUT2D eigenvalue weighted by Crippen LogP contribution is 2.42. The second kappa shape index (κ2) is 4.32. The van der Waals surface area contributed by atoms with Gasteiger partial charge in [0, 0.05) is 12.3 Å². The van der Waals surface area contributed by atoms with Gasteiger partial charge in [-0.1, -0.05) is 47.0 Å². The van der Waals surface area contributed by atoms with Crippen molar-refractivity contribution in [3.63, 3.8) is 0 Å². The molecular weight excluding hydrogens is 277 g/mol. The molecular formula is C5H6Cl3NS3. The van der Waals surface area contributed by atoms with Gasteiger partial charge in [0.15, 0.2) is 0 Å². The van der Waals surface area contributed by atoms with Crippen LogP contribution in [0.2, 0.25) is 0 Å². The zero-order valence-corrected chi connectivity index (χ0v) is 10.6. The molecule has 0 spiro atoms. The first kappa shape index (κ1) is 11.5. The number of rotatable bonds is 0. The standard InChI is InChI=1S/C5H6Cl3NS3/c6-5(7,8)3-9(4(10)11)1-2-12-3/h3H,1-2H2,(H,10,11). The Morgan fingerprint density at radius 1 is 1.58 bits per heavy atom. The summed E-state index contributed by atoms with van der Waals surface area (Å²) in [6, 6.07) is 0. The van der Waals surface area contributed by atoms with Crippen LogP contribution in [0, 0.1) is 0 Å². The highest BCUT2D eigenvalue weighted by Gasteiger charge is 2.41. The molecule has 0 aromatic carbocycles. The Hall–Kier alpha value is 1.46. The molecule has 1 rings (SSSR count). The Bertz CT molecular complexity index is 193. The number of thiocarbonyl (C=S) groups is 1. The van der Waals surface area contributed by atoms with Gasteiger partial charge in [0.1, 0.15) is 9.69 Å². The largest absolute Gasteiger partial charge is 0.341 e. The van der Waals surface area contributed by atoms with E-state index in [0.29, 0.717) is 4.32 Å². The summed E-state index contributed by atoms with van der Waals surface area (Å²) >= 11 is 27.8. The molecule has 12 heavy (non-hydrogen) atoms. The van der Waals surface area contributed by atoms with Gasteiger partial charge in [0.05, 0.1) is 0 Å². The van der Waals surface area contributed by atoms with E-state index in [1.807, 2.05) is 4.90 Å². The van der Waals surface area contributed by atoms with Gasteiger partial charge in [-0.2, -0.15) is 0 Å². The summed E-state index contributed by atoms with van der Waals surface area (Å²) in [4.78, 5) is 1.82. The lowest BCUT2D eigenvalue weighted by Crippen LogP contribution is -2.39. The average Bonchev–Trinajstić information content (AvgIpc) is 2.30. The van der Waals surface area contributed by atoms with Gasteiger partial charge in [0.2, 0.25) is 3.79 Å². The summed E-state index contributed by atoms with van der Waals surface area (Å²) in [6.45, 7) is 0.797. The fourth-order valence-corrected chi connectivity index (χ4v) is 3.52. The van der Waals surface area contributed by atoms with Crippen LogP contribution in [0.25, 0.3) is 0 Å². The van der Waals surface area contributed by atoms with E-state index in [4.69, 9.17) is 47.0 Å². The molecule has 0 aromatic rings. The molecule has 7 heteroatoms. The third-order valence-corrected chi connectivity index (χ3v) is 4.26. The lowest BCUT2D eigenvalue weighted by Gasteiger charge is -2.28. The minimum absolute atomic E-state index is 0.201. The van der Waals surface area contributed by atoms with E-state index < -0.39 is 3.79 Å². The minimum Gasteiger partial charge on any atom is -0.341 e. The number of hydrogen-bond donors (Lipinski definition) is 1. The maximum Gasteiger partial charge on any atom is 0.219 e. The van der Waals surface area contributed by atoms with Crippen molar-refractivity contribution in [2.24, 2.45) is 0 Å². The Kier molecular flexibility index (Phi) is 4.15. The number of alkyl halides is 3. The molecule has 1 heterocycles. The zero-order valence-electron chi connectivity index (χ0n) is 5.84. The molecule has 1 fully saturated rings. The molecule has 1 atom stereocenters. The lowest BCUT2D eigenvalue weighted by molar-refractivity contribution is 0.459. The molecule has 1 aliphatic rings. The predicted octanol–water partition coefficient (Wildman–Crippen LogP) is 2.95. The minimum atomic E-state index is -1.30. The van der Waals surface area contributed by atoms with E-state index in [0.717, 1.165) is 12.3 Å². The molecule has 0 N–H and O–H groups in total. The first-order valence-electron chi connectivity index (χ1n) is 3.11. The highest BCUT2D eigenvalue weighted by molar-refractivity contribution is 8.11. The van der Waals surface area contributed by atoms with Crippen LogP contribution in [0.3, 0.4) is 0 Å². The summed E-state index contributed by atoms with van der Waals surface area (Å²) in [6.07, 6.45) is 0. The van der Waals surface area contributed by atoms with Crippen molar-refractivity contribution in [2.45, 2.75) is 9.17 Å². The van der Waals surface area contributed by atoms with Crippen LogP contribution in [0.1, 0.15) is 0 Å². The van der Waals surface area contributed by atoms with E-state index in [9.17, 15) is 0 Å². The molecule has 0 aliphatic carbocycles. The van der Waals surface area contributed by atoms with Crippen LogP contribution >= 0.6 is 71.4 Å². The SMILES string of the molecule is S=C(S)N1CCSC1C(Cl)(Cl)Cl. The number of thiol groups is 1. The Balaban J connectivity index is 2.71. The van der Waals surface area contributed by atoms with Crippen LogP contribution in [-0.4, -0.2) is 30.7 Å². The van der Waals surface area contributed by atoms with Crippen LogP contribution in [0.15, 0.2) is 0 Å². The van der Waals surface area contributed by atoms with Crippen molar-refractivity contribution >= 4 is 75.7 Å². The van der Waals surface area contributed by atoms with Gasteiger partial charge in [-0.25, -0.2) is 0 Å². The third-order valence-electron chi connectivity index (χ3n) is 1.42. The first-order valence-corrected chi connectivity index (χ1v) is 6.14. The van der Waals surface area contributed by atoms with E-state index in [2.05, 4.69) is 12.6 Å². The normalized spacial score (nSPS) is 24.7. The van der Waals surface area contributed by atoms with Crippen LogP contribution in [-0.2, 0) is 0 Å². The second-order valence-corrected chi connectivity index (χ2v) is 6.91. The maximum absolute atomic E-state index is 5.75. The fourth-order valence-electron chi connectivity index (χ4n) is 0.937. The monoisotopic (exact) mass is 281 g/mol. The van der Waals surface area contributed by atoms with Crippen LogP contribution in [0.4, 0.5) is 0 Å². The zero-order chi connectivity index (χ0) is 9.35.